The molecule has 0 saturated heterocycles. The van der Waals surface area contributed by atoms with Crippen molar-refractivity contribution in [2.45, 2.75) is 6.23 Å². The zero-order chi connectivity index (χ0) is 9.97. The third-order valence-electron chi connectivity index (χ3n) is 1.95. The topological polar surface area (TPSA) is 64.4 Å². The zero-order valence-electron chi connectivity index (χ0n) is 7.21. The second-order valence-corrected chi connectivity index (χ2v) is 2.80. The summed E-state index contributed by atoms with van der Waals surface area (Å²) in [5.74, 6) is 0. The van der Waals surface area contributed by atoms with E-state index in [0.717, 1.165) is 0 Å². The predicted molar refractivity (Wildman–Crippen MR) is 49.2 cm³/mol. The van der Waals surface area contributed by atoms with Gasteiger partial charge in [0.15, 0.2) is 0 Å². The van der Waals surface area contributed by atoms with E-state index in [4.69, 9.17) is 4.74 Å². The number of hydrogen-bond acceptors (Lipinski definition) is 4. The summed E-state index contributed by atoms with van der Waals surface area (Å²) in [5.41, 5.74) is 0.594. The fourth-order valence-electron chi connectivity index (χ4n) is 1.32. The van der Waals surface area contributed by atoms with Crippen molar-refractivity contribution in [2.24, 2.45) is 0 Å². The van der Waals surface area contributed by atoms with Crippen molar-refractivity contribution in [2.75, 3.05) is 0 Å². The number of nitrogens with one attached hydrogen (secondary N) is 1. The minimum Gasteiger partial charge on any atom is -0.472 e. The van der Waals surface area contributed by atoms with Crippen LogP contribution in [0.25, 0.3) is 0 Å². The van der Waals surface area contributed by atoms with Crippen molar-refractivity contribution >= 4 is 5.69 Å². The average molecular weight is 192 g/mol. The van der Waals surface area contributed by atoms with Crippen molar-refractivity contribution in [1.29, 1.82) is 0 Å². The van der Waals surface area contributed by atoms with Crippen molar-refractivity contribution in [3.05, 3.63) is 52.4 Å². The molecule has 14 heavy (non-hydrogen) atoms. The van der Waals surface area contributed by atoms with E-state index in [-0.39, 0.29) is 5.69 Å². The number of para-hydroxylation sites is 1. The Balaban J connectivity index is 2.36. The molecule has 0 spiro atoms. The van der Waals surface area contributed by atoms with Crippen molar-refractivity contribution < 1.29 is 9.66 Å². The summed E-state index contributed by atoms with van der Waals surface area (Å²) in [5, 5.41) is 13.5. The number of benzene rings is 1. The third kappa shape index (κ3) is 1.39. The first-order valence-electron chi connectivity index (χ1n) is 4.09. The Bertz CT molecular complexity index is 381. The maximum Gasteiger partial charge on any atom is 0.278 e. The Morgan fingerprint density at radius 3 is 2.86 bits per heavy atom. The lowest BCUT2D eigenvalue weighted by molar-refractivity contribution is -0.386. The summed E-state index contributed by atoms with van der Waals surface area (Å²) in [4.78, 5) is 10.3. The lowest BCUT2D eigenvalue weighted by atomic mass is 10.1. The molecule has 1 aromatic rings. The summed E-state index contributed by atoms with van der Waals surface area (Å²) in [6, 6.07) is 6.50. The molecule has 0 aliphatic carbocycles. The van der Waals surface area contributed by atoms with Crippen LogP contribution in [0.5, 0.6) is 0 Å². The Morgan fingerprint density at radius 2 is 2.21 bits per heavy atom. The van der Waals surface area contributed by atoms with E-state index in [1.165, 1.54) is 12.3 Å². The number of nitro benzene ring substituents is 1. The molecule has 0 bridgehead atoms. The third-order valence-corrected chi connectivity index (χ3v) is 1.95. The first-order chi connectivity index (χ1) is 6.79. The van der Waals surface area contributed by atoms with Crippen molar-refractivity contribution in [3.63, 3.8) is 0 Å². The van der Waals surface area contributed by atoms with E-state index in [1.807, 2.05) is 0 Å². The van der Waals surface area contributed by atoms with Gasteiger partial charge in [-0.25, -0.2) is 0 Å². The van der Waals surface area contributed by atoms with Gasteiger partial charge < -0.3 is 10.1 Å². The molecule has 5 heteroatoms. The molecule has 2 rings (SSSR count). The summed E-state index contributed by atoms with van der Waals surface area (Å²) in [6.07, 6.45) is 2.64. The fraction of sp³-hybridized carbons (Fsp3) is 0.111. The van der Waals surface area contributed by atoms with Gasteiger partial charge in [0, 0.05) is 12.3 Å². The molecule has 0 radical (unpaired) electrons. The smallest absolute Gasteiger partial charge is 0.278 e. The van der Waals surface area contributed by atoms with Gasteiger partial charge >= 0.3 is 0 Å². The summed E-state index contributed by atoms with van der Waals surface area (Å²) >= 11 is 0. The molecule has 1 aromatic carbocycles. The number of rotatable bonds is 2. The molecule has 1 heterocycles. The van der Waals surface area contributed by atoms with Crippen LogP contribution in [0.2, 0.25) is 0 Å². The van der Waals surface area contributed by atoms with Crippen molar-refractivity contribution in [1.82, 2.24) is 5.32 Å². The van der Waals surface area contributed by atoms with Crippen LogP contribution in [0.4, 0.5) is 5.69 Å². The van der Waals surface area contributed by atoms with Gasteiger partial charge in [0.25, 0.3) is 5.69 Å². The first-order valence-corrected chi connectivity index (χ1v) is 4.09. The van der Waals surface area contributed by atoms with Crippen LogP contribution in [0.3, 0.4) is 0 Å². The molecular weight excluding hydrogens is 184 g/mol. The highest BCUT2D eigenvalue weighted by atomic mass is 16.6. The molecule has 72 valence electrons. The summed E-state index contributed by atoms with van der Waals surface area (Å²) < 4.78 is 5.13. The number of ether oxygens (including phenoxy) is 1. The molecule has 0 amide bonds. The normalized spacial score (nSPS) is 18.7. The number of nitrogens with zero attached hydrogens (tertiary/aromatic N) is 1. The largest absolute Gasteiger partial charge is 0.472 e. The second kappa shape index (κ2) is 3.37. The molecule has 0 fully saturated rings. The SMILES string of the molecule is O=[N+]([O-])c1ccccc1C1NC=CO1. The highest BCUT2D eigenvalue weighted by molar-refractivity contribution is 5.41. The van der Waals surface area contributed by atoms with E-state index in [0.29, 0.717) is 5.56 Å². The Morgan fingerprint density at radius 1 is 1.43 bits per heavy atom. The van der Waals surface area contributed by atoms with E-state index in [9.17, 15) is 10.1 Å². The summed E-state index contributed by atoms with van der Waals surface area (Å²) in [6.45, 7) is 0. The highest BCUT2D eigenvalue weighted by Crippen LogP contribution is 2.27. The highest BCUT2D eigenvalue weighted by Gasteiger charge is 2.22. The maximum atomic E-state index is 10.7. The molecule has 1 N–H and O–H groups in total. The molecular formula is C9H8N2O3. The van der Waals surface area contributed by atoms with E-state index in [2.05, 4.69) is 5.32 Å². The van der Waals surface area contributed by atoms with Gasteiger partial charge in [-0.3, -0.25) is 10.1 Å². The number of hydrogen-bond donors (Lipinski definition) is 1. The van der Waals surface area contributed by atoms with Crippen LogP contribution in [0.1, 0.15) is 11.8 Å². The van der Waals surface area contributed by atoms with Gasteiger partial charge in [0.05, 0.1) is 10.5 Å². The predicted octanol–water partition coefficient (Wildman–Crippen LogP) is 1.68. The second-order valence-electron chi connectivity index (χ2n) is 2.80. The zero-order valence-corrected chi connectivity index (χ0v) is 7.21. The molecule has 0 saturated carbocycles. The van der Waals surface area contributed by atoms with Gasteiger partial charge in [-0.05, 0) is 6.07 Å². The van der Waals surface area contributed by atoms with Gasteiger partial charge in [-0.15, -0.1) is 0 Å². The van der Waals surface area contributed by atoms with Crippen LogP contribution in [-0.4, -0.2) is 4.92 Å². The van der Waals surface area contributed by atoms with Gasteiger partial charge in [-0.1, -0.05) is 12.1 Å². The maximum absolute atomic E-state index is 10.7. The molecule has 1 atom stereocenters. The van der Waals surface area contributed by atoms with Crippen LogP contribution in [0.15, 0.2) is 36.7 Å². The molecule has 0 aromatic heterocycles. The van der Waals surface area contributed by atoms with E-state index >= 15 is 0 Å². The lowest BCUT2D eigenvalue weighted by Crippen LogP contribution is -2.13. The van der Waals surface area contributed by atoms with E-state index < -0.39 is 11.2 Å². The van der Waals surface area contributed by atoms with Gasteiger partial charge in [-0.2, -0.15) is 0 Å². The molecule has 1 aliphatic heterocycles. The fourth-order valence-corrected chi connectivity index (χ4v) is 1.32. The minimum atomic E-state index is -0.448. The Kier molecular flexibility index (Phi) is 2.06. The monoisotopic (exact) mass is 192 g/mol. The quantitative estimate of drug-likeness (QED) is 0.572. The van der Waals surface area contributed by atoms with Gasteiger partial charge in [0.1, 0.15) is 6.26 Å². The Labute approximate surface area is 80.1 Å². The van der Waals surface area contributed by atoms with E-state index in [1.54, 1.807) is 24.4 Å². The number of nitro groups is 1. The minimum absolute atomic E-state index is 0.0636. The first kappa shape index (κ1) is 8.55. The standard InChI is InChI=1S/C9H8N2O3/c12-11(13)8-4-2-1-3-7(8)9-10-5-6-14-9/h1-6,9-10H. The van der Waals surface area contributed by atoms with Crippen LogP contribution < -0.4 is 5.32 Å². The summed E-state index contributed by atoms with van der Waals surface area (Å²) in [7, 11) is 0. The lowest BCUT2D eigenvalue weighted by Gasteiger charge is -2.10. The van der Waals surface area contributed by atoms with Crippen LogP contribution >= 0.6 is 0 Å². The van der Waals surface area contributed by atoms with Crippen LogP contribution in [-0.2, 0) is 4.74 Å². The average Bonchev–Trinajstić information content (AvgIpc) is 2.70. The van der Waals surface area contributed by atoms with Gasteiger partial charge in [0.2, 0.25) is 6.23 Å². The van der Waals surface area contributed by atoms with Crippen LogP contribution in [0, 0.1) is 10.1 Å². The van der Waals surface area contributed by atoms with Crippen molar-refractivity contribution in [3.8, 4) is 0 Å². The molecule has 5 nitrogen and oxygen atoms in total. The Hall–Kier alpha value is -2.04. The molecule has 1 unspecified atom stereocenters. The molecule has 1 aliphatic rings.